The fourth-order valence-electron chi connectivity index (χ4n) is 4.57. The van der Waals surface area contributed by atoms with Gasteiger partial charge in [-0.25, -0.2) is 4.98 Å². The highest BCUT2D eigenvalue weighted by molar-refractivity contribution is 7.09. The molecule has 0 saturated carbocycles. The number of benzene rings is 2. The van der Waals surface area contributed by atoms with Gasteiger partial charge < -0.3 is 10.2 Å². The Bertz CT molecular complexity index is 1310. The molecule has 2 aromatic carbocycles. The minimum absolute atomic E-state index is 0.0217. The van der Waals surface area contributed by atoms with Gasteiger partial charge in [-0.15, -0.1) is 11.3 Å². The predicted molar refractivity (Wildman–Crippen MR) is 138 cm³/mol. The number of carbonyl (C=O) groups is 1. The molecule has 3 heterocycles. The van der Waals surface area contributed by atoms with E-state index >= 15 is 0 Å². The molecule has 4 aromatic rings. The smallest absolute Gasteiger partial charge is 0.294 e. The lowest BCUT2D eigenvalue weighted by Gasteiger charge is -2.32. The van der Waals surface area contributed by atoms with Crippen LogP contribution in [0, 0.1) is 5.92 Å². The Morgan fingerprint density at radius 3 is 2.53 bits per heavy atom. The van der Waals surface area contributed by atoms with E-state index in [2.05, 4.69) is 16.8 Å². The summed E-state index contributed by atoms with van der Waals surface area (Å²) in [7, 11) is 0. The first-order valence-corrected chi connectivity index (χ1v) is 12.7. The van der Waals surface area contributed by atoms with Crippen molar-refractivity contribution >= 4 is 34.1 Å². The van der Waals surface area contributed by atoms with Gasteiger partial charge in [-0.2, -0.15) is 0 Å². The SMILES string of the molecule is O=C(NCCc1cccs1)C1CCN(c2nc3ccccc3n(Cc3ccccc3)c2=O)CC1. The molecule has 2 aromatic heterocycles. The number of fused-ring (bicyclic) bond motifs is 1. The van der Waals surface area contributed by atoms with Crippen molar-refractivity contribution in [2.24, 2.45) is 5.92 Å². The highest BCUT2D eigenvalue weighted by atomic mass is 32.1. The minimum Gasteiger partial charge on any atom is -0.355 e. The van der Waals surface area contributed by atoms with Crippen molar-refractivity contribution in [1.82, 2.24) is 14.9 Å². The molecule has 0 aliphatic carbocycles. The molecule has 1 saturated heterocycles. The molecule has 5 rings (SSSR count). The van der Waals surface area contributed by atoms with E-state index in [0.717, 1.165) is 35.9 Å². The Morgan fingerprint density at radius 1 is 1.00 bits per heavy atom. The standard InChI is InChI=1S/C27H28N4O2S/c32-26(28-15-12-22-9-6-18-34-22)21-13-16-30(17-14-21)25-27(33)31(19-20-7-2-1-3-8-20)24-11-5-4-10-23(24)29-25/h1-11,18,21H,12-17,19H2,(H,28,32). The molecule has 1 aliphatic heterocycles. The minimum atomic E-state index is -0.0820. The molecular formula is C27H28N4O2S. The lowest BCUT2D eigenvalue weighted by molar-refractivity contribution is -0.125. The largest absolute Gasteiger partial charge is 0.355 e. The molecule has 0 atom stereocenters. The van der Waals surface area contributed by atoms with Gasteiger partial charge in [0.2, 0.25) is 5.91 Å². The second-order valence-corrected chi connectivity index (χ2v) is 9.71. The van der Waals surface area contributed by atoms with Crippen LogP contribution in [0.2, 0.25) is 0 Å². The van der Waals surface area contributed by atoms with Gasteiger partial charge in [-0.1, -0.05) is 48.5 Å². The molecule has 174 valence electrons. The van der Waals surface area contributed by atoms with E-state index in [1.165, 1.54) is 4.88 Å². The van der Waals surface area contributed by atoms with Crippen LogP contribution in [-0.2, 0) is 17.8 Å². The van der Waals surface area contributed by atoms with Gasteiger partial charge in [-0.05, 0) is 48.4 Å². The van der Waals surface area contributed by atoms with Crippen LogP contribution in [0.25, 0.3) is 11.0 Å². The number of carbonyl (C=O) groups excluding carboxylic acids is 1. The van der Waals surface area contributed by atoms with Crippen LogP contribution in [0.1, 0.15) is 23.3 Å². The molecule has 0 unspecified atom stereocenters. The van der Waals surface area contributed by atoms with Gasteiger partial charge in [0.15, 0.2) is 5.82 Å². The number of thiophene rings is 1. The summed E-state index contributed by atoms with van der Waals surface area (Å²) in [4.78, 5) is 34.3. The third kappa shape index (κ3) is 4.89. The Balaban J connectivity index is 1.29. The van der Waals surface area contributed by atoms with Gasteiger partial charge >= 0.3 is 0 Å². The first-order chi connectivity index (χ1) is 16.7. The summed E-state index contributed by atoms with van der Waals surface area (Å²) in [6, 6.07) is 21.9. The molecule has 0 radical (unpaired) electrons. The zero-order valence-electron chi connectivity index (χ0n) is 19.0. The predicted octanol–water partition coefficient (Wildman–Crippen LogP) is 4.08. The Hall–Kier alpha value is -3.45. The second kappa shape index (κ2) is 10.2. The third-order valence-electron chi connectivity index (χ3n) is 6.43. The van der Waals surface area contributed by atoms with Gasteiger partial charge in [0.25, 0.3) is 5.56 Å². The lowest BCUT2D eigenvalue weighted by Crippen LogP contribution is -2.43. The van der Waals surface area contributed by atoms with Crippen LogP contribution in [-0.4, -0.2) is 35.1 Å². The zero-order chi connectivity index (χ0) is 23.3. The van der Waals surface area contributed by atoms with E-state index < -0.39 is 0 Å². The molecule has 6 nitrogen and oxygen atoms in total. The van der Waals surface area contributed by atoms with E-state index in [1.54, 1.807) is 11.3 Å². The quantitative estimate of drug-likeness (QED) is 0.440. The first-order valence-electron chi connectivity index (χ1n) is 11.8. The van der Waals surface area contributed by atoms with Crippen molar-refractivity contribution < 1.29 is 4.79 Å². The third-order valence-corrected chi connectivity index (χ3v) is 7.37. The lowest BCUT2D eigenvalue weighted by atomic mass is 9.96. The fourth-order valence-corrected chi connectivity index (χ4v) is 5.28. The molecule has 7 heteroatoms. The maximum atomic E-state index is 13.5. The number of hydrogen-bond donors (Lipinski definition) is 1. The van der Waals surface area contributed by atoms with Crippen LogP contribution in [0.5, 0.6) is 0 Å². The van der Waals surface area contributed by atoms with Crippen molar-refractivity contribution in [3.8, 4) is 0 Å². The van der Waals surface area contributed by atoms with Gasteiger partial charge in [-0.3, -0.25) is 14.2 Å². The summed E-state index contributed by atoms with van der Waals surface area (Å²) < 4.78 is 1.82. The van der Waals surface area contributed by atoms with E-state index in [-0.39, 0.29) is 17.4 Å². The van der Waals surface area contributed by atoms with Crippen LogP contribution in [0.3, 0.4) is 0 Å². The summed E-state index contributed by atoms with van der Waals surface area (Å²) in [6.07, 6.45) is 2.30. The number of rotatable bonds is 7. The number of amides is 1. The summed E-state index contributed by atoms with van der Waals surface area (Å²) in [6.45, 7) is 2.46. The topological polar surface area (TPSA) is 67.2 Å². The maximum Gasteiger partial charge on any atom is 0.294 e. The van der Waals surface area contributed by atoms with Crippen molar-refractivity contribution in [2.75, 3.05) is 24.5 Å². The molecule has 1 aliphatic rings. The Morgan fingerprint density at radius 2 is 1.76 bits per heavy atom. The number of piperidine rings is 1. The van der Waals surface area contributed by atoms with E-state index in [4.69, 9.17) is 4.98 Å². The zero-order valence-corrected chi connectivity index (χ0v) is 19.8. The molecule has 1 amide bonds. The number of para-hydroxylation sites is 2. The summed E-state index contributed by atoms with van der Waals surface area (Å²) in [5.41, 5.74) is 2.63. The molecule has 34 heavy (non-hydrogen) atoms. The van der Waals surface area contributed by atoms with E-state index in [0.29, 0.717) is 32.0 Å². The molecule has 0 bridgehead atoms. The van der Waals surface area contributed by atoms with E-state index in [9.17, 15) is 9.59 Å². The average molecular weight is 473 g/mol. The average Bonchev–Trinajstić information content (AvgIpc) is 3.40. The maximum absolute atomic E-state index is 13.5. The molecule has 0 spiro atoms. The molecule has 1 fully saturated rings. The van der Waals surface area contributed by atoms with Crippen LogP contribution < -0.4 is 15.8 Å². The normalized spacial score (nSPS) is 14.4. The summed E-state index contributed by atoms with van der Waals surface area (Å²) in [5, 5.41) is 5.14. The van der Waals surface area contributed by atoms with Crippen molar-refractivity contribution in [2.45, 2.75) is 25.8 Å². The number of aromatic nitrogens is 2. The van der Waals surface area contributed by atoms with Crippen molar-refractivity contribution in [3.63, 3.8) is 0 Å². The number of anilines is 1. The Labute approximate surface area is 202 Å². The number of hydrogen-bond acceptors (Lipinski definition) is 5. The molecular weight excluding hydrogens is 444 g/mol. The highest BCUT2D eigenvalue weighted by Crippen LogP contribution is 2.22. The first kappa shape index (κ1) is 22.3. The van der Waals surface area contributed by atoms with Crippen LogP contribution in [0.4, 0.5) is 5.82 Å². The monoisotopic (exact) mass is 472 g/mol. The second-order valence-electron chi connectivity index (χ2n) is 8.68. The van der Waals surface area contributed by atoms with Gasteiger partial charge in [0.1, 0.15) is 0 Å². The summed E-state index contributed by atoms with van der Waals surface area (Å²) in [5.74, 6) is 0.571. The van der Waals surface area contributed by atoms with Crippen molar-refractivity contribution in [1.29, 1.82) is 0 Å². The number of nitrogens with one attached hydrogen (secondary N) is 1. The van der Waals surface area contributed by atoms with Crippen molar-refractivity contribution in [3.05, 3.63) is 92.9 Å². The van der Waals surface area contributed by atoms with Gasteiger partial charge in [0.05, 0.1) is 17.6 Å². The van der Waals surface area contributed by atoms with Crippen LogP contribution >= 0.6 is 11.3 Å². The van der Waals surface area contributed by atoms with E-state index in [1.807, 2.05) is 70.1 Å². The van der Waals surface area contributed by atoms with Gasteiger partial charge in [0, 0.05) is 30.4 Å². The summed E-state index contributed by atoms with van der Waals surface area (Å²) >= 11 is 1.72. The number of nitrogens with zero attached hydrogens (tertiary/aromatic N) is 3. The Kier molecular flexibility index (Phi) is 6.72. The van der Waals surface area contributed by atoms with Crippen LogP contribution in [0.15, 0.2) is 76.9 Å². The highest BCUT2D eigenvalue weighted by Gasteiger charge is 2.27. The molecule has 1 N–H and O–H groups in total. The fraction of sp³-hybridized carbons (Fsp3) is 0.296.